The molecule has 0 bridgehead atoms. The molecule has 6 nitrogen and oxygen atoms in total. The molecule has 33 heavy (non-hydrogen) atoms. The fourth-order valence-electron chi connectivity index (χ4n) is 4.35. The number of nitrogens with zero attached hydrogens (tertiary/aromatic N) is 5. The van der Waals surface area contributed by atoms with Crippen LogP contribution in [0.4, 0.5) is 13.2 Å². The highest BCUT2D eigenvalue weighted by atomic mass is 19.4. The van der Waals surface area contributed by atoms with Crippen LogP contribution in [0, 0.1) is 0 Å². The smallest absolute Gasteiger partial charge is 0.351 e. The highest BCUT2D eigenvalue weighted by Crippen LogP contribution is 2.31. The average molecular weight is 453 g/mol. The number of hydrogen-bond donors (Lipinski definition) is 0. The van der Waals surface area contributed by atoms with Gasteiger partial charge in [0.1, 0.15) is 5.56 Å². The van der Waals surface area contributed by atoms with Gasteiger partial charge in [-0.1, -0.05) is 6.07 Å². The number of benzene rings is 1. The lowest BCUT2D eigenvalue weighted by Crippen LogP contribution is -2.39. The molecule has 170 valence electrons. The first kappa shape index (κ1) is 21.1. The number of halogens is 3. The number of piperidine rings is 1. The minimum atomic E-state index is -4.47. The fraction of sp³-hybridized carbons (Fsp3) is 0.250. The van der Waals surface area contributed by atoms with E-state index in [1.807, 2.05) is 24.5 Å². The van der Waals surface area contributed by atoms with Crippen LogP contribution in [0.3, 0.4) is 0 Å². The largest absolute Gasteiger partial charge is 0.416 e. The number of likely N-dealkylation sites (tertiary alicyclic amines) is 1. The zero-order valence-corrected chi connectivity index (χ0v) is 17.7. The van der Waals surface area contributed by atoms with E-state index < -0.39 is 11.7 Å². The molecule has 1 aliphatic heterocycles. The Morgan fingerprint density at radius 3 is 2.27 bits per heavy atom. The van der Waals surface area contributed by atoms with Crippen LogP contribution in [0.1, 0.15) is 34.8 Å². The van der Waals surface area contributed by atoms with Crippen molar-refractivity contribution in [2.45, 2.75) is 25.1 Å². The summed E-state index contributed by atoms with van der Waals surface area (Å²) in [6, 6.07) is 12.9. The van der Waals surface area contributed by atoms with Crippen LogP contribution in [0.25, 0.3) is 11.5 Å². The predicted octanol–water partition coefficient (Wildman–Crippen LogP) is 4.96. The summed E-state index contributed by atoms with van der Waals surface area (Å²) in [6.45, 7) is 1.20. The summed E-state index contributed by atoms with van der Waals surface area (Å²) in [5, 5.41) is 4.31. The van der Waals surface area contributed by atoms with Crippen molar-refractivity contribution in [3.8, 4) is 11.5 Å². The quantitative estimate of drug-likeness (QED) is 0.439. The molecule has 0 N–H and O–H groups in total. The maximum absolute atomic E-state index is 13.5. The van der Waals surface area contributed by atoms with E-state index in [2.05, 4.69) is 9.67 Å². The Hall–Kier alpha value is -3.75. The van der Waals surface area contributed by atoms with Crippen LogP contribution in [0.2, 0.25) is 0 Å². The topological polar surface area (TPSA) is 48.0 Å². The van der Waals surface area contributed by atoms with Crippen molar-refractivity contribution in [2.24, 2.45) is 0 Å². The van der Waals surface area contributed by atoms with Gasteiger partial charge in [0.15, 0.2) is 5.82 Å². The number of amides is 1. The van der Waals surface area contributed by atoms with E-state index in [1.54, 1.807) is 40.1 Å². The van der Waals surface area contributed by atoms with Crippen molar-refractivity contribution in [1.82, 2.24) is 23.8 Å². The molecule has 1 fully saturated rings. The standard InChI is InChI=1S/C24H22F3N5O/c25-24(26,27)18-6-5-7-20(16-18)32-22(30-12-3-4-13-30)21(17-28-32)23(33)31-14-8-19(9-15-31)29-10-1-2-11-29/h1-7,10-13,16-17,19H,8-9,14-15H2. The Balaban J connectivity index is 1.47. The van der Waals surface area contributed by atoms with Crippen molar-refractivity contribution in [3.63, 3.8) is 0 Å². The molecule has 1 saturated heterocycles. The Bertz CT molecular complexity index is 1230. The maximum Gasteiger partial charge on any atom is 0.416 e. The van der Waals surface area contributed by atoms with E-state index in [-0.39, 0.29) is 11.6 Å². The molecule has 0 aliphatic carbocycles. The molecule has 0 unspecified atom stereocenters. The van der Waals surface area contributed by atoms with Gasteiger partial charge < -0.3 is 14.0 Å². The second-order valence-corrected chi connectivity index (χ2v) is 8.09. The maximum atomic E-state index is 13.5. The number of carbonyl (C=O) groups is 1. The number of hydrogen-bond acceptors (Lipinski definition) is 2. The third-order valence-electron chi connectivity index (χ3n) is 6.04. The molecule has 3 aromatic heterocycles. The van der Waals surface area contributed by atoms with Gasteiger partial charge in [0.25, 0.3) is 5.91 Å². The summed E-state index contributed by atoms with van der Waals surface area (Å²) < 4.78 is 45.1. The van der Waals surface area contributed by atoms with E-state index >= 15 is 0 Å². The molecule has 0 atom stereocenters. The van der Waals surface area contributed by atoms with E-state index in [9.17, 15) is 18.0 Å². The van der Waals surface area contributed by atoms with Gasteiger partial charge in [-0.15, -0.1) is 0 Å². The van der Waals surface area contributed by atoms with E-state index in [1.165, 1.54) is 16.9 Å². The minimum absolute atomic E-state index is 0.178. The molecule has 4 heterocycles. The molecule has 1 aromatic carbocycles. The Kier molecular flexibility index (Phi) is 5.32. The Labute approximate surface area is 188 Å². The van der Waals surface area contributed by atoms with Gasteiger partial charge in [-0.3, -0.25) is 4.79 Å². The van der Waals surface area contributed by atoms with Crippen molar-refractivity contribution >= 4 is 5.91 Å². The monoisotopic (exact) mass is 453 g/mol. The Morgan fingerprint density at radius 1 is 0.939 bits per heavy atom. The van der Waals surface area contributed by atoms with Crippen LogP contribution in [0.15, 0.2) is 79.5 Å². The molecule has 9 heteroatoms. The summed E-state index contributed by atoms with van der Waals surface area (Å²) in [5.74, 6) is 0.236. The van der Waals surface area contributed by atoms with Crippen LogP contribution < -0.4 is 0 Å². The molecule has 0 saturated carbocycles. The third kappa shape index (κ3) is 4.06. The Morgan fingerprint density at radius 2 is 1.61 bits per heavy atom. The summed E-state index contributed by atoms with van der Waals surface area (Å²) in [6.07, 6.45) is 6.20. The van der Waals surface area contributed by atoms with Gasteiger partial charge in [-0.2, -0.15) is 18.3 Å². The van der Waals surface area contributed by atoms with Crippen LogP contribution in [0.5, 0.6) is 0 Å². The second-order valence-electron chi connectivity index (χ2n) is 8.09. The number of alkyl halides is 3. The number of aromatic nitrogens is 4. The van der Waals surface area contributed by atoms with Crippen molar-refractivity contribution < 1.29 is 18.0 Å². The van der Waals surface area contributed by atoms with Crippen LogP contribution in [-0.2, 0) is 6.18 Å². The first-order valence-corrected chi connectivity index (χ1v) is 10.7. The molecule has 0 spiro atoms. The highest BCUT2D eigenvalue weighted by molar-refractivity contribution is 5.97. The molecular weight excluding hydrogens is 431 g/mol. The van der Waals surface area contributed by atoms with Crippen molar-refractivity contribution in [3.05, 3.63) is 90.6 Å². The number of carbonyl (C=O) groups excluding carboxylic acids is 1. The molecule has 0 radical (unpaired) electrons. The second kappa shape index (κ2) is 8.31. The van der Waals surface area contributed by atoms with E-state index in [0.717, 1.165) is 25.0 Å². The lowest BCUT2D eigenvalue weighted by atomic mass is 10.0. The van der Waals surface area contributed by atoms with Gasteiger partial charge >= 0.3 is 6.18 Å². The molecule has 1 aliphatic rings. The highest BCUT2D eigenvalue weighted by Gasteiger charge is 2.32. The minimum Gasteiger partial charge on any atom is -0.351 e. The van der Waals surface area contributed by atoms with Gasteiger partial charge in [-0.25, -0.2) is 4.68 Å². The van der Waals surface area contributed by atoms with E-state index in [4.69, 9.17) is 0 Å². The summed E-state index contributed by atoms with van der Waals surface area (Å²) in [5.41, 5.74) is -0.184. The molecular formula is C24H22F3N5O. The zero-order valence-electron chi connectivity index (χ0n) is 17.7. The van der Waals surface area contributed by atoms with Gasteiger partial charge in [0.05, 0.1) is 17.4 Å². The summed E-state index contributed by atoms with van der Waals surface area (Å²) in [4.78, 5) is 15.2. The van der Waals surface area contributed by atoms with Gasteiger partial charge in [-0.05, 0) is 55.3 Å². The first-order valence-electron chi connectivity index (χ1n) is 10.7. The van der Waals surface area contributed by atoms with E-state index in [0.29, 0.717) is 30.5 Å². The third-order valence-corrected chi connectivity index (χ3v) is 6.04. The normalized spacial score (nSPS) is 15.2. The summed E-state index contributed by atoms with van der Waals surface area (Å²) >= 11 is 0. The lowest BCUT2D eigenvalue weighted by molar-refractivity contribution is -0.137. The number of rotatable bonds is 4. The van der Waals surface area contributed by atoms with Crippen molar-refractivity contribution in [1.29, 1.82) is 0 Å². The van der Waals surface area contributed by atoms with Crippen molar-refractivity contribution in [2.75, 3.05) is 13.1 Å². The first-order chi connectivity index (χ1) is 15.9. The zero-order chi connectivity index (χ0) is 23.0. The van der Waals surface area contributed by atoms with Crippen LogP contribution in [-0.4, -0.2) is 42.8 Å². The molecule has 4 aromatic rings. The molecule has 5 rings (SSSR count). The van der Waals surface area contributed by atoms with Crippen LogP contribution >= 0.6 is 0 Å². The van der Waals surface area contributed by atoms with Gasteiger partial charge in [0.2, 0.25) is 0 Å². The predicted molar refractivity (Wildman–Crippen MR) is 116 cm³/mol. The average Bonchev–Trinajstić information content (AvgIpc) is 3.59. The van der Waals surface area contributed by atoms with Gasteiger partial charge in [0, 0.05) is 43.9 Å². The SMILES string of the molecule is O=C(c1cnn(-c2cccc(C(F)(F)F)c2)c1-n1cccc1)N1CCC(n2cccc2)CC1. The molecule has 1 amide bonds. The lowest BCUT2D eigenvalue weighted by Gasteiger charge is -2.32. The summed E-state index contributed by atoms with van der Waals surface area (Å²) in [7, 11) is 0. The fourth-order valence-corrected chi connectivity index (χ4v) is 4.35.